The Morgan fingerprint density at radius 3 is 2.05 bits per heavy atom. The third kappa shape index (κ3) is 2.64. The molecule has 2 aromatic carbocycles. The number of hydrogen-bond acceptors (Lipinski definition) is 3. The summed E-state index contributed by atoms with van der Waals surface area (Å²) in [6, 6.07) is 14.7. The number of para-hydroxylation sites is 2. The van der Waals surface area contributed by atoms with E-state index in [9.17, 15) is 4.79 Å². The van der Waals surface area contributed by atoms with Gasteiger partial charge < -0.3 is 4.42 Å². The highest BCUT2D eigenvalue weighted by Gasteiger charge is 2.07. The Balaban J connectivity index is 2.35. The van der Waals surface area contributed by atoms with E-state index < -0.39 is 6.03 Å². The zero-order chi connectivity index (χ0) is 14.8. The first-order valence-electron chi connectivity index (χ1n) is 6.58. The lowest BCUT2D eigenvalue weighted by molar-refractivity contribution is 0.220. The number of urea groups is 1. The molecule has 0 radical (unpaired) electrons. The minimum Gasteiger partial charge on any atom is -0.456 e. The highest BCUT2D eigenvalue weighted by atomic mass is 16.3. The number of carbonyl (C=O) groups is 1. The van der Waals surface area contributed by atoms with Gasteiger partial charge in [0.15, 0.2) is 0 Å². The molecule has 0 bridgehead atoms. The minimum atomic E-state index is -0.415. The number of amides is 2. The first-order chi connectivity index (χ1) is 10.1. The van der Waals surface area contributed by atoms with Crippen LogP contribution in [0.4, 0.5) is 4.79 Å². The second kappa shape index (κ2) is 5.38. The van der Waals surface area contributed by atoms with Crippen LogP contribution in [-0.4, -0.2) is 25.1 Å². The fraction of sp³-hybridized carbons (Fsp3) is 0.125. The molecule has 2 amide bonds. The zero-order valence-electron chi connectivity index (χ0n) is 11.8. The van der Waals surface area contributed by atoms with Crippen molar-refractivity contribution in [1.82, 2.24) is 10.4 Å². The van der Waals surface area contributed by atoms with Crippen molar-refractivity contribution in [3.63, 3.8) is 0 Å². The van der Waals surface area contributed by atoms with Gasteiger partial charge in [-0.1, -0.05) is 24.3 Å². The molecular formula is C16H15N3O2. The Hall–Kier alpha value is -2.66. The van der Waals surface area contributed by atoms with E-state index in [1.54, 1.807) is 19.1 Å². The summed E-state index contributed by atoms with van der Waals surface area (Å²) >= 11 is 0. The van der Waals surface area contributed by atoms with E-state index in [2.05, 4.69) is 10.4 Å². The molecular weight excluding hydrogens is 266 g/mol. The normalized spacial score (nSPS) is 11.0. The van der Waals surface area contributed by atoms with Gasteiger partial charge in [-0.05, 0) is 24.3 Å². The number of nitrogens with one attached hydrogen (secondary N) is 1. The maximum Gasteiger partial charge on any atom is 0.356 e. The summed E-state index contributed by atoms with van der Waals surface area (Å²) in [6.07, 6.45) is 0. The molecule has 1 N–H and O–H groups in total. The van der Waals surface area contributed by atoms with Gasteiger partial charge in [-0.2, -0.15) is 4.99 Å². The zero-order valence-corrected chi connectivity index (χ0v) is 11.8. The third-order valence-electron chi connectivity index (χ3n) is 3.04. The van der Waals surface area contributed by atoms with Gasteiger partial charge in [0.1, 0.15) is 11.2 Å². The van der Waals surface area contributed by atoms with E-state index in [-0.39, 0.29) is 0 Å². The largest absolute Gasteiger partial charge is 0.456 e. The third-order valence-corrected chi connectivity index (χ3v) is 3.04. The smallest absolute Gasteiger partial charge is 0.356 e. The first-order valence-corrected chi connectivity index (χ1v) is 6.58. The first kappa shape index (κ1) is 13.3. The molecule has 5 nitrogen and oxygen atoms in total. The summed E-state index contributed by atoms with van der Waals surface area (Å²) in [5, 5.41) is 3.80. The number of rotatable bonds is 1. The van der Waals surface area contributed by atoms with Crippen molar-refractivity contribution < 1.29 is 9.21 Å². The van der Waals surface area contributed by atoms with E-state index in [0.29, 0.717) is 16.5 Å². The summed E-state index contributed by atoms with van der Waals surface area (Å²) in [4.78, 5) is 16.2. The molecule has 106 valence electrons. The second-order valence-corrected chi connectivity index (χ2v) is 4.87. The predicted octanol–water partition coefficient (Wildman–Crippen LogP) is 2.67. The van der Waals surface area contributed by atoms with Crippen molar-refractivity contribution in [2.45, 2.75) is 0 Å². The number of hydrogen-bond donors (Lipinski definition) is 1. The maximum absolute atomic E-state index is 12.0. The Morgan fingerprint density at radius 2 is 1.52 bits per heavy atom. The average Bonchev–Trinajstić information content (AvgIpc) is 2.46. The van der Waals surface area contributed by atoms with Gasteiger partial charge >= 0.3 is 6.03 Å². The van der Waals surface area contributed by atoms with Crippen LogP contribution in [0.5, 0.6) is 0 Å². The van der Waals surface area contributed by atoms with Crippen LogP contribution in [0.2, 0.25) is 0 Å². The van der Waals surface area contributed by atoms with Gasteiger partial charge in [0.05, 0.1) is 5.36 Å². The molecule has 0 aliphatic heterocycles. The number of fused-ring (bicyclic) bond motifs is 2. The molecule has 1 aromatic heterocycles. The van der Waals surface area contributed by atoms with Gasteiger partial charge in [0.25, 0.3) is 0 Å². The molecule has 21 heavy (non-hydrogen) atoms. The molecule has 0 fully saturated rings. The average molecular weight is 281 g/mol. The highest BCUT2D eigenvalue weighted by Crippen LogP contribution is 2.17. The molecule has 0 unspecified atom stereocenters. The monoisotopic (exact) mass is 281 g/mol. The van der Waals surface area contributed by atoms with Crippen LogP contribution in [0, 0.1) is 0 Å². The molecule has 0 aliphatic carbocycles. The molecule has 0 atom stereocenters. The summed E-state index contributed by atoms with van der Waals surface area (Å²) in [7, 11) is 3.48. The molecule has 3 rings (SSSR count). The lowest BCUT2D eigenvalue weighted by atomic mass is 10.1. The molecule has 0 saturated heterocycles. The number of nitrogens with zero attached hydrogens (tertiary/aromatic N) is 2. The van der Waals surface area contributed by atoms with Crippen LogP contribution in [0.25, 0.3) is 21.9 Å². The van der Waals surface area contributed by atoms with Crippen molar-refractivity contribution in [2.24, 2.45) is 4.99 Å². The summed E-state index contributed by atoms with van der Waals surface area (Å²) in [6.45, 7) is 0. The second-order valence-electron chi connectivity index (χ2n) is 4.87. The van der Waals surface area contributed by atoms with Crippen LogP contribution in [-0.2, 0) is 0 Å². The lowest BCUT2D eigenvalue weighted by Crippen LogP contribution is -2.35. The fourth-order valence-corrected chi connectivity index (χ4v) is 2.20. The van der Waals surface area contributed by atoms with Crippen LogP contribution in [0.15, 0.2) is 57.9 Å². The topological polar surface area (TPSA) is 57.8 Å². The maximum atomic E-state index is 12.0. The van der Waals surface area contributed by atoms with Crippen molar-refractivity contribution in [2.75, 3.05) is 14.1 Å². The van der Waals surface area contributed by atoms with Gasteiger partial charge in [0, 0.05) is 24.9 Å². The summed E-state index contributed by atoms with van der Waals surface area (Å²) in [5.41, 5.74) is 4.02. The van der Waals surface area contributed by atoms with Crippen molar-refractivity contribution >= 4 is 28.0 Å². The van der Waals surface area contributed by atoms with Gasteiger partial charge in [-0.25, -0.2) is 9.80 Å². The van der Waals surface area contributed by atoms with Gasteiger partial charge in [0.2, 0.25) is 0 Å². The van der Waals surface area contributed by atoms with E-state index in [0.717, 1.165) is 10.8 Å². The van der Waals surface area contributed by atoms with Gasteiger partial charge in [-0.3, -0.25) is 5.43 Å². The van der Waals surface area contributed by atoms with E-state index in [4.69, 9.17) is 4.42 Å². The number of benzene rings is 2. The molecule has 0 spiro atoms. The molecule has 5 heteroatoms. The van der Waals surface area contributed by atoms with Gasteiger partial charge in [-0.15, -0.1) is 0 Å². The SMILES string of the molecule is CN(C)NC(=O)N=c1c2ccccc2oc2ccccc12. The number of hydrazine groups is 1. The molecule has 0 saturated carbocycles. The number of carbonyl (C=O) groups excluding carboxylic acids is 1. The molecule has 3 aromatic rings. The summed E-state index contributed by atoms with van der Waals surface area (Å²) in [5.74, 6) is 0. The minimum absolute atomic E-state index is 0.415. The lowest BCUT2D eigenvalue weighted by Gasteiger charge is -2.09. The van der Waals surface area contributed by atoms with Crippen LogP contribution >= 0.6 is 0 Å². The quantitative estimate of drug-likeness (QED) is 0.551. The molecule has 1 heterocycles. The van der Waals surface area contributed by atoms with Crippen LogP contribution in [0.1, 0.15) is 0 Å². The van der Waals surface area contributed by atoms with E-state index in [1.165, 1.54) is 0 Å². The van der Waals surface area contributed by atoms with E-state index in [1.807, 2.05) is 48.5 Å². The van der Waals surface area contributed by atoms with Crippen molar-refractivity contribution in [1.29, 1.82) is 0 Å². The standard InChI is InChI=1S/C16H15N3O2/c1-19(2)18-16(20)17-15-11-7-3-5-9-13(11)21-14-10-6-4-8-12(14)15/h3-10H,1-2H3,(H,18,20). The Bertz CT molecular complexity index is 824. The van der Waals surface area contributed by atoms with E-state index >= 15 is 0 Å². The Labute approximate surface area is 121 Å². The Kier molecular flexibility index (Phi) is 3.41. The van der Waals surface area contributed by atoms with Crippen LogP contribution < -0.4 is 10.8 Å². The fourth-order valence-electron chi connectivity index (χ4n) is 2.20. The van der Waals surface area contributed by atoms with Crippen molar-refractivity contribution in [3.8, 4) is 0 Å². The molecule has 0 aliphatic rings. The Morgan fingerprint density at radius 1 is 1.00 bits per heavy atom. The highest BCUT2D eigenvalue weighted by molar-refractivity contribution is 5.90. The summed E-state index contributed by atoms with van der Waals surface area (Å²) < 4.78 is 5.85. The van der Waals surface area contributed by atoms with Crippen molar-refractivity contribution in [3.05, 3.63) is 53.9 Å². The predicted molar refractivity (Wildman–Crippen MR) is 81.5 cm³/mol. The van der Waals surface area contributed by atoms with Crippen LogP contribution in [0.3, 0.4) is 0 Å².